The van der Waals surface area contributed by atoms with E-state index >= 15 is 0 Å². The molecule has 0 atom stereocenters. The van der Waals surface area contributed by atoms with Gasteiger partial charge in [-0.1, -0.05) is 54.3 Å². The second-order valence-corrected chi connectivity index (χ2v) is 8.51. The summed E-state index contributed by atoms with van der Waals surface area (Å²) in [6, 6.07) is 17.2. The minimum absolute atomic E-state index is 0.221. The molecule has 9 heteroatoms. The third kappa shape index (κ3) is 4.58. The van der Waals surface area contributed by atoms with Crippen molar-refractivity contribution in [2.24, 2.45) is 0 Å². The molecule has 32 heavy (non-hydrogen) atoms. The smallest absolute Gasteiger partial charge is 0.323 e. The molecular weight excluding hydrogens is 446 g/mol. The van der Waals surface area contributed by atoms with Crippen LogP contribution < -0.4 is 4.74 Å². The van der Waals surface area contributed by atoms with Crippen molar-refractivity contribution in [2.45, 2.75) is 6.92 Å². The number of benzene rings is 2. The van der Waals surface area contributed by atoms with Gasteiger partial charge in [0.2, 0.25) is 0 Å². The van der Waals surface area contributed by atoms with Crippen LogP contribution in [0, 0.1) is 0 Å². The summed E-state index contributed by atoms with van der Waals surface area (Å²) >= 11 is 6.29. The maximum atomic E-state index is 12.8. The van der Waals surface area contributed by atoms with Crippen LogP contribution in [-0.4, -0.2) is 49.1 Å². The molecule has 0 spiro atoms. The Labute approximate surface area is 194 Å². The molecule has 162 valence electrons. The largest absolute Gasteiger partial charge is 0.494 e. The molecule has 1 amide bonds. The second-order valence-electron chi connectivity index (χ2n) is 6.84. The van der Waals surface area contributed by atoms with Crippen molar-refractivity contribution < 1.29 is 19.4 Å². The summed E-state index contributed by atoms with van der Waals surface area (Å²) in [5.41, 5.74) is 3.07. The van der Waals surface area contributed by atoms with Crippen LogP contribution in [0.1, 0.15) is 12.5 Å². The molecule has 4 rings (SSSR count). The quantitative estimate of drug-likeness (QED) is 0.413. The van der Waals surface area contributed by atoms with Gasteiger partial charge in [-0.25, -0.2) is 4.68 Å². The number of aromatic nitrogens is 2. The van der Waals surface area contributed by atoms with Crippen LogP contribution in [0.25, 0.3) is 23.0 Å². The van der Waals surface area contributed by atoms with Gasteiger partial charge in [-0.05, 0) is 37.3 Å². The maximum absolute atomic E-state index is 12.8. The average molecular weight is 466 g/mol. The third-order valence-corrected chi connectivity index (χ3v) is 6.01. The lowest BCUT2D eigenvalue weighted by Crippen LogP contribution is -2.33. The Morgan fingerprint density at radius 1 is 1.22 bits per heavy atom. The van der Waals surface area contributed by atoms with Gasteiger partial charge >= 0.3 is 5.97 Å². The van der Waals surface area contributed by atoms with Crippen LogP contribution in [0.4, 0.5) is 0 Å². The Morgan fingerprint density at radius 3 is 2.72 bits per heavy atom. The zero-order chi connectivity index (χ0) is 22.7. The number of carboxylic acid groups (broad SMARTS) is 1. The first-order valence-corrected chi connectivity index (χ1v) is 11.0. The van der Waals surface area contributed by atoms with Gasteiger partial charge in [-0.15, -0.1) is 0 Å². The monoisotopic (exact) mass is 465 g/mol. The van der Waals surface area contributed by atoms with Crippen LogP contribution in [0.5, 0.6) is 5.75 Å². The Balaban J connectivity index is 1.79. The number of nitrogens with zero attached hydrogens (tertiary/aromatic N) is 3. The van der Waals surface area contributed by atoms with Gasteiger partial charge in [-0.2, -0.15) is 5.10 Å². The summed E-state index contributed by atoms with van der Waals surface area (Å²) in [7, 11) is 0. The predicted octanol–water partition coefficient (Wildman–Crippen LogP) is 4.22. The minimum Gasteiger partial charge on any atom is -0.494 e. The summed E-state index contributed by atoms with van der Waals surface area (Å²) in [5, 5.41) is 13.8. The van der Waals surface area contributed by atoms with E-state index in [1.54, 1.807) is 10.8 Å². The molecule has 0 bridgehead atoms. The molecule has 1 aliphatic rings. The summed E-state index contributed by atoms with van der Waals surface area (Å²) in [5.74, 6) is -0.824. The van der Waals surface area contributed by atoms with E-state index in [4.69, 9.17) is 27.2 Å². The first kappa shape index (κ1) is 21.8. The maximum Gasteiger partial charge on any atom is 0.323 e. The molecular formula is C23H19N3O4S2. The Morgan fingerprint density at radius 2 is 2.00 bits per heavy atom. The minimum atomic E-state index is -1.12. The van der Waals surface area contributed by atoms with Gasteiger partial charge in [0.15, 0.2) is 0 Å². The molecule has 2 aromatic carbocycles. The molecule has 2 heterocycles. The van der Waals surface area contributed by atoms with E-state index in [-0.39, 0.29) is 4.32 Å². The molecule has 1 saturated heterocycles. The van der Waals surface area contributed by atoms with Gasteiger partial charge < -0.3 is 9.84 Å². The number of thiocarbonyl (C=S) groups is 1. The lowest BCUT2D eigenvalue weighted by Gasteiger charge is -2.10. The van der Waals surface area contributed by atoms with Crippen molar-refractivity contribution in [1.29, 1.82) is 0 Å². The number of carboxylic acids is 1. The van der Waals surface area contributed by atoms with Gasteiger partial charge in [0.25, 0.3) is 5.91 Å². The van der Waals surface area contributed by atoms with Crippen molar-refractivity contribution in [2.75, 3.05) is 13.2 Å². The van der Waals surface area contributed by atoms with Crippen molar-refractivity contribution >= 4 is 46.3 Å². The normalized spacial score (nSPS) is 14.9. The van der Waals surface area contributed by atoms with E-state index in [9.17, 15) is 9.59 Å². The zero-order valence-electron chi connectivity index (χ0n) is 17.1. The predicted molar refractivity (Wildman–Crippen MR) is 128 cm³/mol. The van der Waals surface area contributed by atoms with Gasteiger partial charge in [-0.3, -0.25) is 14.5 Å². The van der Waals surface area contributed by atoms with E-state index in [0.29, 0.717) is 22.8 Å². The van der Waals surface area contributed by atoms with Crippen molar-refractivity contribution in [1.82, 2.24) is 14.7 Å². The number of aliphatic carboxylic acids is 1. The van der Waals surface area contributed by atoms with Crippen molar-refractivity contribution in [3.05, 3.63) is 71.3 Å². The SMILES string of the molecule is CCOc1cccc(-c2nn(-c3ccccc3)cc2C=C2SC(=S)N(CC(=O)O)C2=O)c1. The Bertz CT molecular complexity index is 1220. The number of amides is 1. The molecule has 0 aliphatic carbocycles. The fourth-order valence-corrected chi connectivity index (χ4v) is 4.49. The summed E-state index contributed by atoms with van der Waals surface area (Å²) in [4.78, 5) is 25.3. The zero-order valence-corrected chi connectivity index (χ0v) is 18.7. The van der Waals surface area contributed by atoms with Gasteiger partial charge in [0, 0.05) is 17.3 Å². The highest BCUT2D eigenvalue weighted by atomic mass is 32.2. The number of hydrogen-bond acceptors (Lipinski definition) is 6. The van der Waals surface area contributed by atoms with E-state index in [1.807, 2.05) is 67.7 Å². The van der Waals surface area contributed by atoms with Crippen LogP contribution in [-0.2, 0) is 9.59 Å². The third-order valence-electron chi connectivity index (χ3n) is 4.64. The van der Waals surface area contributed by atoms with Crippen LogP contribution in [0.15, 0.2) is 65.7 Å². The van der Waals surface area contributed by atoms with Crippen LogP contribution in [0.3, 0.4) is 0 Å². The van der Waals surface area contributed by atoms with E-state index < -0.39 is 18.4 Å². The van der Waals surface area contributed by atoms with Crippen molar-refractivity contribution in [3.8, 4) is 22.7 Å². The van der Waals surface area contributed by atoms with E-state index in [1.165, 1.54) is 0 Å². The molecule has 0 unspecified atom stereocenters. The molecule has 0 radical (unpaired) electrons. The van der Waals surface area contributed by atoms with Gasteiger partial charge in [0.1, 0.15) is 22.3 Å². The van der Waals surface area contributed by atoms with Crippen molar-refractivity contribution in [3.63, 3.8) is 0 Å². The molecule has 0 saturated carbocycles. The van der Waals surface area contributed by atoms with E-state index in [0.717, 1.165) is 33.7 Å². The second kappa shape index (κ2) is 9.37. The first-order valence-electron chi connectivity index (χ1n) is 9.81. The highest BCUT2D eigenvalue weighted by Gasteiger charge is 2.33. The molecule has 7 nitrogen and oxygen atoms in total. The van der Waals surface area contributed by atoms with Crippen LogP contribution in [0.2, 0.25) is 0 Å². The topological polar surface area (TPSA) is 84.7 Å². The molecule has 3 aromatic rings. The summed E-state index contributed by atoms with van der Waals surface area (Å²) < 4.78 is 7.59. The number of thioether (sulfide) groups is 1. The molecule has 1 aromatic heterocycles. The first-order chi connectivity index (χ1) is 15.5. The number of carbonyl (C=O) groups excluding carboxylic acids is 1. The summed E-state index contributed by atoms with van der Waals surface area (Å²) in [6.07, 6.45) is 3.54. The van der Waals surface area contributed by atoms with Gasteiger partial charge in [0.05, 0.1) is 17.2 Å². The Kier molecular flexibility index (Phi) is 6.38. The van der Waals surface area contributed by atoms with E-state index in [2.05, 4.69) is 0 Å². The number of para-hydroxylation sites is 1. The molecule has 1 N–H and O–H groups in total. The Hall–Kier alpha value is -3.43. The summed E-state index contributed by atoms with van der Waals surface area (Å²) in [6.45, 7) is 2.00. The highest BCUT2D eigenvalue weighted by molar-refractivity contribution is 8.26. The lowest BCUT2D eigenvalue weighted by molar-refractivity contribution is -0.140. The number of rotatable bonds is 7. The average Bonchev–Trinajstić information content (AvgIpc) is 3.31. The number of hydrogen-bond donors (Lipinski definition) is 1. The highest BCUT2D eigenvalue weighted by Crippen LogP contribution is 2.35. The number of ether oxygens (including phenoxy) is 1. The van der Waals surface area contributed by atoms with Crippen LogP contribution >= 0.6 is 24.0 Å². The molecule has 1 aliphatic heterocycles. The fourth-order valence-electron chi connectivity index (χ4n) is 3.24. The molecule has 1 fully saturated rings. The number of carbonyl (C=O) groups is 2. The fraction of sp³-hybridized carbons (Fsp3) is 0.130. The standard InChI is InChI=1S/C23H19N3O4S2/c1-2-30-18-10-6-7-15(11-18)21-16(13-26(24-21)17-8-4-3-5-9-17)12-19-22(29)25(14-20(27)28)23(31)32-19/h3-13H,2,14H2,1H3,(H,27,28). The lowest BCUT2D eigenvalue weighted by atomic mass is 10.1.